The molecule has 1 aromatic carbocycles. The lowest BCUT2D eigenvalue weighted by atomic mass is 10.1. The van der Waals surface area contributed by atoms with Gasteiger partial charge in [0.2, 0.25) is 0 Å². The maximum Gasteiger partial charge on any atom is 0.155 e. The molecule has 120 valence electrons. The number of aryl methyl sites for hydroxylation is 1. The average molecular weight is 312 g/mol. The van der Waals surface area contributed by atoms with Crippen LogP contribution in [0, 0.1) is 12.7 Å². The van der Waals surface area contributed by atoms with Crippen molar-refractivity contribution < 1.29 is 4.39 Å². The van der Waals surface area contributed by atoms with Crippen molar-refractivity contribution in [2.75, 3.05) is 20.1 Å². The molecule has 2 aromatic heterocycles. The van der Waals surface area contributed by atoms with Crippen molar-refractivity contribution in [3.63, 3.8) is 0 Å². The van der Waals surface area contributed by atoms with E-state index in [0.29, 0.717) is 11.4 Å². The number of piperidine rings is 1. The predicted molar refractivity (Wildman–Crippen MR) is 89.5 cm³/mol. The Balaban J connectivity index is 1.71. The molecule has 1 aliphatic heterocycles. The molecule has 3 aromatic rings. The number of imidazole rings is 1. The van der Waals surface area contributed by atoms with Gasteiger partial charge >= 0.3 is 0 Å². The minimum atomic E-state index is -0.181. The van der Waals surface area contributed by atoms with Crippen LogP contribution in [0.25, 0.3) is 16.7 Å². The van der Waals surface area contributed by atoms with Gasteiger partial charge in [-0.2, -0.15) is 0 Å². The zero-order chi connectivity index (χ0) is 16.0. The summed E-state index contributed by atoms with van der Waals surface area (Å²) in [6.45, 7) is 4.25. The van der Waals surface area contributed by atoms with Gasteiger partial charge in [-0.3, -0.25) is 4.57 Å². The molecule has 4 rings (SSSR count). The smallest absolute Gasteiger partial charge is 0.155 e. The van der Waals surface area contributed by atoms with Crippen LogP contribution in [-0.2, 0) is 0 Å². The van der Waals surface area contributed by atoms with Crippen molar-refractivity contribution in [1.29, 1.82) is 0 Å². The first-order valence-electron chi connectivity index (χ1n) is 8.12. The second-order valence-electron chi connectivity index (χ2n) is 6.53. The Hall–Kier alpha value is -2.14. The number of hydrogen-bond acceptors (Lipinski definition) is 2. The molecule has 1 fully saturated rings. The van der Waals surface area contributed by atoms with E-state index in [-0.39, 0.29) is 5.82 Å². The number of halogens is 1. The van der Waals surface area contributed by atoms with Crippen molar-refractivity contribution in [3.05, 3.63) is 48.3 Å². The number of likely N-dealkylation sites (tertiary alicyclic amines) is 1. The first-order valence-corrected chi connectivity index (χ1v) is 8.12. The summed E-state index contributed by atoms with van der Waals surface area (Å²) >= 11 is 0. The van der Waals surface area contributed by atoms with E-state index in [1.54, 1.807) is 0 Å². The van der Waals surface area contributed by atoms with Crippen molar-refractivity contribution in [2.45, 2.75) is 25.8 Å². The van der Waals surface area contributed by atoms with Crippen molar-refractivity contribution >= 4 is 10.9 Å². The van der Waals surface area contributed by atoms with E-state index in [0.717, 1.165) is 42.8 Å². The van der Waals surface area contributed by atoms with Crippen LogP contribution in [0.1, 0.15) is 24.4 Å². The van der Waals surface area contributed by atoms with Gasteiger partial charge in [0.15, 0.2) is 5.82 Å². The molecule has 0 bridgehead atoms. The molecule has 0 N–H and O–H groups in total. The molecule has 23 heavy (non-hydrogen) atoms. The topological polar surface area (TPSA) is 26.0 Å². The molecule has 0 radical (unpaired) electrons. The highest BCUT2D eigenvalue weighted by molar-refractivity contribution is 5.85. The van der Waals surface area contributed by atoms with E-state index in [1.165, 1.54) is 6.07 Å². The van der Waals surface area contributed by atoms with Crippen molar-refractivity contribution in [2.24, 2.45) is 0 Å². The van der Waals surface area contributed by atoms with Gasteiger partial charge in [-0.15, -0.1) is 0 Å². The molecular formula is C18H21FN4. The number of rotatable bonds is 2. The zero-order valence-electron chi connectivity index (χ0n) is 13.5. The Bertz CT molecular complexity index is 840. The number of hydrogen-bond donors (Lipinski definition) is 0. The molecular weight excluding hydrogens is 291 g/mol. The molecule has 0 aliphatic carbocycles. The van der Waals surface area contributed by atoms with Gasteiger partial charge in [0, 0.05) is 23.8 Å². The molecule has 4 nitrogen and oxygen atoms in total. The van der Waals surface area contributed by atoms with Gasteiger partial charge in [-0.05, 0) is 57.6 Å². The SMILES string of the molecule is Cc1ccc(F)c2ccn(-c3cn(C4CCN(C)CC4)cn3)c12. The first-order chi connectivity index (χ1) is 11.1. The molecule has 3 heterocycles. The maximum atomic E-state index is 14.0. The Morgan fingerprint density at radius 3 is 2.74 bits per heavy atom. The highest BCUT2D eigenvalue weighted by Crippen LogP contribution is 2.27. The van der Waals surface area contributed by atoms with Gasteiger partial charge in [-0.1, -0.05) is 6.07 Å². The summed E-state index contributed by atoms with van der Waals surface area (Å²) in [6.07, 6.45) is 8.19. The van der Waals surface area contributed by atoms with Gasteiger partial charge < -0.3 is 9.47 Å². The minimum Gasteiger partial charge on any atom is -0.332 e. The first kappa shape index (κ1) is 14.5. The Morgan fingerprint density at radius 2 is 1.96 bits per heavy atom. The normalized spacial score (nSPS) is 17.2. The van der Waals surface area contributed by atoms with E-state index >= 15 is 0 Å². The molecule has 0 amide bonds. The number of fused-ring (bicyclic) bond motifs is 1. The van der Waals surface area contributed by atoms with Crippen LogP contribution in [0.4, 0.5) is 4.39 Å². The van der Waals surface area contributed by atoms with E-state index < -0.39 is 0 Å². The Morgan fingerprint density at radius 1 is 1.17 bits per heavy atom. The van der Waals surface area contributed by atoms with E-state index in [1.807, 2.05) is 36.1 Å². The quantitative estimate of drug-likeness (QED) is 0.723. The fourth-order valence-corrected chi connectivity index (χ4v) is 3.53. The van der Waals surface area contributed by atoms with Crippen LogP contribution >= 0.6 is 0 Å². The van der Waals surface area contributed by atoms with Crippen LogP contribution < -0.4 is 0 Å². The molecule has 0 saturated carbocycles. The molecule has 0 unspecified atom stereocenters. The Kier molecular flexibility index (Phi) is 3.45. The van der Waals surface area contributed by atoms with Gasteiger partial charge in [-0.25, -0.2) is 9.37 Å². The van der Waals surface area contributed by atoms with Crippen LogP contribution in [0.3, 0.4) is 0 Å². The van der Waals surface area contributed by atoms with Crippen LogP contribution in [0.15, 0.2) is 36.9 Å². The van der Waals surface area contributed by atoms with E-state index in [2.05, 4.69) is 27.7 Å². The van der Waals surface area contributed by atoms with Crippen LogP contribution in [-0.4, -0.2) is 39.2 Å². The molecule has 0 spiro atoms. The highest BCUT2D eigenvalue weighted by Gasteiger charge is 2.19. The molecule has 5 heteroatoms. The summed E-state index contributed by atoms with van der Waals surface area (Å²) in [7, 11) is 2.17. The Labute approximate surface area is 135 Å². The molecule has 1 saturated heterocycles. The van der Waals surface area contributed by atoms with Gasteiger partial charge in [0.05, 0.1) is 11.8 Å². The summed E-state index contributed by atoms with van der Waals surface area (Å²) in [4.78, 5) is 6.92. The van der Waals surface area contributed by atoms with Crippen LogP contribution in [0.5, 0.6) is 0 Å². The number of benzene rings is 1. The summed E-state index contributed by atoms with van der Waals surface area (Å²) in [6, 6.07) is 5.68. The average Bonchev–Trinajstić information content (AvgIpc) is 3.18. The van der Waals surface area contributed by atoms with Crippen molar-refractivity contribution in [1.82, 2.24) is 19.0 Å². The van der Waals surface area contributed by atoms with Gasteiger partial charge in [0.25, 0.3) is 0 Å². The van der Waals surface area contributed by atoms with Gasteiger partial charge in [0.1, 0.15) is 5.82 Å². The lowest BCUT2D eigenvalue weighted by Gasteiger charge is -2.29. The predicted octanol–water partition coefficient (Wildman–Crippen LogP) is 3.54. The lowest BCUT2D eigenvalue weighted by molar-refractivity contribution is 0.221. The van der Waals surface area contributed by atoms with Crippen molar-refractivity contribution in [3.8, 4) is 5.82 Å². The third-order valence-electron chi connectivity index (χ3n) is 4.94. The summed E-state index contributed by atoms with van der Waals surface area (Å²) in [5.74, 6) is 0.673. The third kappa shape index (κ3) is 2.45. The fourth-order valence-electron chi connectivity index (χ4n) is 3.53. The second kappa shape index (κ2) is 5.49. The highest BCUT2D eigenvalue weighted by atomic mass is 19.1. The second-order valence-corrected chi connectivity index (χ2v) is 6.53. The van der Waals surface area contributed by atoms with Crippen LogP contribution in [0.2, 0.25) is 0 Å². The maximum absolute atomic E-state index is 14.0. The molecule has 1 aliphatic rings. The monoisotopic (exact) mass is 312 g/mol. The zero-order valence-corrected chi connectivity index (χ0v) is 13.5. The largest absolute Gasteiger partial charge is 0.332 e. The molecule has 0 atom stereocenters. The number of nitrogens with zero attached hydrogens (tertiary/aromatic N) is 4. The van der Waals surface area contributed by atoms with E-state index in [4.69, 9.17) is 0 Å². The van der Waals surface area contributed by atoms with E-state index in [9.17, 15) is 4.39 Å². The summed E-state index contributed by atoms with van der Waals surface area (Å²) < 4.78 is 18.2. The fraction of sp³-hybridized carbons (Fsp3) is 0.389. The minimum absolute atomic E-state index is 0.181. The summed E-state index contributed by atoms with van der Waals surface area (Å²) in [5.41, 5.74) is 1.96. The third-order valence-corrected chi connectivity index (χ3v) is 4.94. The number of aromatic nitrogens is 3. The standard InChI is InChI=1S/C18H21FN4/c1-13-3-4-16(19)15-7-10-23(18(13)15)17-11-22(12-20-17)14-5-8-21(2)9-6-14/h3-4,7,10-12,14H,5-6,8-9H2,1-2H3. The lowest BCUT2D eigenvalue weighted by Crippen LogP contribution is -2.31. The summed E-state index contributed by atoms with van der Waals surface area (Å²) in [5, 5.41) is 0.652.